The lowest BCUT2D eigenvalue weighted by Gasteiger charge is -2.16. The van der Waals surface area contributed by atoms with Crippen molar-refractivity contribution in [1.29, 1.82) is 0 Å². The Bertz CT molecular complexity index is 392. The summed E-state index contributed by atoms with van der Waals surface area (Å²) >= 11 is 4.86. The van der Waals surface area contributed by atoms with Gasteiger partial charge in [0, 0.05) is 18.9 Å². The number of nitrogens with one attached hydrogen (secondary N) is 1. The second kappa shape index (κ2) is 7.82. The first-order valence-electron chi connectivity index (χ1n) is 6.23. The Balaban J connectivity index is 2.34. The average Bonchev–Trinajstić information content (AvgIpc) is 2.36. The summed E-state index contributed by atoms with van der Waals surface area (Å²) in [6.45, 7) is 2.01. The van der Waals surface area contributed by atoms with E-state index in [4.69, 9.17) is 18.0 Å². The highest BCUT2D eigenvalue weighted by Gasteiger charge is 2.11. The summed E-state index contributed by atoms with van der Waals surface area (Å²) in [5.41, 5.74) is 6.67. The monoisotopic (exact) mass is 264 g/mol. The standard InChI is InChI=1S/C14H20N2OS/c1-2-12(10-13(15)18)16-14(17)9-8-11-6-4-3-5-7-11/h3-7,12H,2,8-10H2,1H3,(H2,15,18)(H,16,17). The van der Waals surface area contributed by atoms with Crippen LogP contribution in [0, 0.1) is 0 Å². The third-order valence-electron chi connectivity index (χ3n) is 2.79. The molecule has 1 aromatic carbocycles. The average molecular weight is 264 g/mol. The van der Waals surface area contributed by atoms with Gasteiger partial charge in [0.05, 0.1) is 4.99 Å². The van der Waals surface area contributed by atoms with E-state index in [-0.39, 0.29) is 11.9 Å². The zero-order valence-electron chi connectivity index (χ0n) is 10.7. The molecule has 4 heteroatoms. The van der Waals surface area contributed by atoms with E-state index in [0.29, 0.717) is 17.8 Å². The van der Waals surface area contributed by atoms with E-state index in [0.717, 1.165) is 12.8 Å². The number of thiocarbonyl (C=S) groups is 1. The van der Waals surface area contributed by atoms with Crippen LogP contribution in [0.5, 0.6) is 0 Å². The van der Waals surface area contributed by atoms with Crippen molar-refractivity contribution in [2.24, 2.45) is 5.73 Å². The minimum atomic E-state index is 0.0574. The minimum absolute atomic E-state index is 0.0574. The second-order valence-electron chi connectivity index (χ2n) is 4.33. The predicted octanol–water partition coefficient (Wildman–Crippen LogP) is 2.19. The SMILES string of the molecule is CCC(CC(N)=S)NC(=O)CCc1ccccc1. The molecule has 1 rings (SSSR count). The van der Waals surface area contributed by atoms with Crippen LogP contribution in [-0.2, 0) is 11.2 Å². The largest absolute Gasteiger partial charge is 0.393 e. The van der Waals surface area contributed by atoms with Crippen molar-refractivity contribution < 1.29 is 4.79 Å². The molecule has 3 N–H and O–H groups in total. The molecule has 3 nitrogen and oxygen atoms in total. The van der Waals surface area contributed by atoms with Gasteiger partial charge in [-0.3, -0.25) is 4.79 Å². The highest BCUT2D eigenvalue weighted by atomic mass is 32.1. The summed E-state index contributed by atoms with van der Waals surface area (Å²) in [6, 6.07) is 10.0. The lowest BCUT2D eigenvalue weighted by Crippen LogP contribution is -2.37. The Morgan fingerprint density at radius 3 is 2.61 bits per heavy atom. The zero-order valence-corrected chi connectivity index (χ0v) is 11.5. The molecule has 0 bridgehead atoms. The van der Waals surface area contributed by atoms with Gasteiger partial charge in [-0.2, -0.15) is 0 Å². The molecule has 98 valence electrons. The van der Waals surface area contributed by atoms with Crippen LogP contribution >= 0.6 is 12.2 Å². The first-order chi connectivity index (χ1) is 8.61. The molecular weight excluding hydrogens is 244 g/mol. The van der Waals surface area contributed by atoms with E-state index >= 15 is 0 Å². The molecule has 1 aromatic rings. The molecule has 0 aromatic heterocycles. The van der Waals surface area contributed by atoms with E-state index in [2.05, 4.69) is 5.32 Å². The van der Waals surface area contributed by atoms with Crippen LogP contribution in [0.25, 0.3) is 0 Å². The predicted molar refractivity (Wildman–Crippen MR) is 78.4 cm³/mol. The fourth-order valence-electron chi connectivity index (χ4n) is 1.74. The summed E-state index contributed by atoms with van der Waals surface area (Å²) in [5, 5.41) is 2.96. The number of nitrogens with two attached hydrogens (primary N) is 1. The molecular formula is C14H20N2OS. The van der Waals surface area contributed by atoms with Gasteiger partial charge in [-0.25, -0.2) is 0 Å². The van der Waals surface area contributed by atoms with E-state index in [1.54, 1.807) is 0 Å². The number of carbonyl (C=O) groups excluding carboxylic acids is 1. The van der Waals surface area contributed by atoms with Gasteiger partial charge in [0.15, 0.2) is 0 Å². The highest BCUT2D eigenvalue weighted by molar-refractivity contribution is 7.80. The molecule has 1 amide bonds. The quantitative estimate of drug-likeness (QED) is 0.742. The fourth-order valence-corrected chi connectivity index (χ4v) is 1.94. The number of hydrogen-bond acceptors (Lipinski definition) is 2. The highest BCUT2D eigenvalue weighted by Crippen LogP contribution is 2.04. The van der Waals surface area contributed by atoms with Crippen LogP contribution in [0.4, 0.5) is 0 Å². The summed E-state index contributed by atoms with van der Waals surface area (Å²) in [5.74, 6) is 0.0574. The molecule has 0 heterocycles. The Morgan fingerprint density at radius 1 is 1.39 bits per heavy atom. The Morgan fingerprint density at radius 2 is 2.06 bits per heavy atom. The Labute approximate surface area is 114 Å². The van der Waals surface area contributed by atoms with Crippen molar-refractivity contribution in [2.45, 2.75) is 38.6 Å². The molecule has 0 saturated heterocycles. The lowest BCUT2D eigenvalue weighted by molar-refractivity contribution is -0.121. The number of amides is 1. The van der Waals surface area contributed by atoms with E-state index in [9.17, 15) is 4.79 Å². The summed E-state index contributed by atoms with van der Waals surface area (Å²) < 4.78 is 0. The van der Waals surface area contributed by atoms with E-state index < -0.39 is 0 Å². The van der Waals surface area contributed by atoms with Gasteiger partial charge in [-0.1, -0.05) is 49.5 Å². The van der Waals surface area contributed by atoms with Crippen molar-refractivity contribution in [3.63, 3.8) is 0 Å². The van der Waals surface area contributed by atoms with Crippen molar-refractivity contribution in [3.05, 3.63) is 35.9 Å². The maximum atomic E-state index is 11.8. The van der Waals surface area contributed by atoms with E-state index in [1.165, 1.54) is 5.56 Å². The van der Waals surface area contributed by atoms with Gasteiger partial charge in [0.2, 0.25) is 5.91 Å². The second-order valence-corrected chi connectivity index (χ2v) is 4.85. The molecule has 18 heavy (non-hydrogen) atoms. The number of benzene rings is 1. The molecule has 0 fully saturated rings. The van der Waals surface area contributed by atoms with Crippen LogP contribution in [0.3, 0.4) is 0 Å². The van der Waals surface area contributed by atoms with Crippen molar-refractivity contribution in [2.75, 3.05) is 0 Å². The molecule has 0 aliphatic carbocycles. The van der Waals surface area contributed by atoms with Crippen LogP contribution < -0.4 is 11.1 Å². The molecule has 0 radical (unpaired) electrons. The summed E-state index contributed by atoms with van der Waals surface area (Å²) in [4.78, 5) is 12.2. The first kappa shape index (κ1) is 14.6. The molecule has 0 saturated carbocycles. The number of carbonyl (C=O) groups is 1. The summed E-state index contributed by atoms with van der Waals surface area (Å²) in [6.07, 6.45) is 2.67. The number of rotatable bonds is 7. The topological polar surface area (TPSA) is 55.1 Å². The van der Waals surface area contributed by atoms with E-state index in [1.807, 2.05) is 37.3 Å². The first-order valence-corrected chi connectivity index (χ1v) is 6.64. The number of aryl methyl sites for hydroxylation is 1. The third kappa shape index (κ3) is 5.77. The van der Waals surface area contributed by atoms with Gasteiger partial charge in [0.25, 0.3) is 0 Å². The van der Waals surface area contributed by atoms with Gasteiger partial charge in [0.1, 0.15) is 0 Å². The smallest absolute Gasteiger partial charge is 0.220 e. The Hall–Kier alpha value is -1.42. The third-order valence-corrected chi connectivity index (χ3v) is 2.96. The van der Waals surface area contributed by atoms with Crippen LogP contribution in [0.2, 0.25) is 0 Å². The van der Waals surface area contributed by atoms with Gasteiger partial charge < -0.3 is 11.1 Å². The van der Waals surface area contributed by atoms with Gasteiger partial charge >= 0.3 is 0 Å². The van der Waals surface area contributed by atoms with Crippen LogP contribution in [-0.4, -0.2) is 16.9 Å². The molecule has 0 aliphatic rings. The lowest BCUT2D eigenvalue weighted by atomic mass is 10.1. The molecule has 1 unspecified atom stereocenters. The summed E-state index contributed by atoms with van der Waals surface area (Å²) in [7, 11) is 0. The van der Waals surface area contributed by atoms with Crippen molar-refractivity contribution in [3.8, 4) is 0 Å². The molecule has 1 atom stereocenters. The number of hydrogen-bond donors (Lipinski definition) is 2. The van der Waals surface area contributed by atoms with Crippen LogP contribution in [0.1, 0.15) is 31.7 Å². The molecule has 0 aliphatic heterocycles. The normalized spacial score (nSPS) is 11.8. The van der Waals surface area contributed by atoms with Gasteiger partial charge in [-0.05, 0) is 18.4 Å². The maximum Gasteiger partial charge on any atom is 0.220 e. The molecule has 0 spiro atoms. The fraction of sp³-hybridized carbons (Fsp3) is 0.429. The Kier molecular flexibility index (Phi) is 6.36. The minimum Gasteiger partial charge on any atom is -0.393 e. The van der Waals surface area contributed by atoms with Gasteiger partial charge in [-0.15, -0.1) is 0 Å². The van der Waals surface area contributed by atoms with Crippen LogP contribution in [0.15, 0.2) is 30.3 Å². The zero-order chi connectivity index (χ0) is 13.4. The van der Waals surface area contributed by atoms with Crippen molar-refractivity contribution >= 4 is 23.1 Å². The van der Waals surface area contributed by atoms with Crippen molar-refractivity contribution in [1.82, 2.24) is 5.32 Å². The maximum absolute atomic E-state index is 11.8.